The quantitative estimate of drug-likeness (QED) is 0.640. The lowest BCUT2D eigenvalue weighted by molar-refractivity contribution is 0.0696. The number of fused-ring (bicyclic) bond motifs is 2. The number of hydrogen-bond donors (Lipinski definition) is 1. The molecule has 0 radical (unpaired) electrons. The normalized spacial score (nSPS) is 16.0. The molecule has 0 aliphatic carbocycles. The minimum absolute atomic E-state index is 0.258. The lowest BCUT2D eigenvalue weighted by Gasteiger charge is -2.30. The van der Waals surface area contributed by atoms with Crippen LogP contribution in [0.4, 0.5) is 4.39 Å². The van der Waals surface area contributed by atoms with Crippen LogP contribution in [0.2, 0.25) is 0 Å². The molecule has 0 amide bonds. The van der Waals surface area contributed by atoms with Crippen LogP contribution in [0.25, 0.3) is 5.57 Å². The Morgan fingerprint density at radius 2 is 1.88 bits per heavy atom. The summed E-state index contributed by atoms with van der Waals surface area (Å²) in [6.07, 6.45) is 3.30. The fourth-order valence-corrected chi connectivity index (χ4v) is 4.55. The van der Waals surface area contributed by atoms with Gasteiger partial charge in [-0.1, -0.05) is 29.8 Å². The number of rotatable bonds is 3. The molecule has 5 rings (SSSR count). The third-order valence-electron chi connectivity index (χ3n) is 6.15. The third kappa shape index (κ3) is 4.01. The highest BCUT2D eigenvalue weighted by Gasteiger charge is 2.25. The van der Waals surface area contributed by atoms with Gasteiger partial charge in [0.15, 0.2) is 0 Å². The molecule has 6 heteroatoms. The molecule has 1 N–H and O–H groups in total. The van der Waals surface area contributed by atoms with Crippen LogP contribution < -0.4 is 4.74 Å². The summed E-state index contributed by atoms with van der Waals surface area (Å²) >= 11 is 0. The number of piperidine rings is 1. The number of carboxylic acids is 1. The van der Waals surface area contributed by atoms with Gasteiger partial charge in [-0.3, -0.25) is 9.88 Å². The Morgan fingerprint density at radius 1 is 1.06 bits per heavy atom. The van der Waals surface area contributed by atoms with Crippen LogP contribution in [-0.2, 0) is 13.2 Å². The maximum atomic E-state index is 13.9. The van der Waals surface area contributed by atoms with E-state index in [9.17, 15) is 14.3 Å². The molecule has 2 aliphatic heterocycles. The van der Waals surface area contributed by atoms with Crippen molar-refractivity contribution in [3.8, 4) is 5.75 Å². The van der Waals surface area contributed by atoms with Gasteiger partial charge in [-0.25, -0.2) is 9.18 Å². The zero-order valence-electron chi connectivity index (χ0n) is 17.6. The van der Waals surface area contributed by atoms with Crippen molar-refractivity contribution in [3.05, 3.63) is 100 Å². The van der Waals surface area contributed by atoms with Gasteiger partial charge in [0.2, 0.25) is 0 Å². The lowest BCUT2D eigenvalue weighted by Crippen LogP contribution is -2.31. The van der Waals surface area contributed by atoms with Gasteiger partial charge in [0.1, 0.15) is 18.2 Å². The molecule has 162 valence electrons. The summed E-state index contributed by atoms with van der Waals surface area (Å²) < 4.78 is 19.9. The highest BCUT2D eigenvalue weighted by molar-refractivity contribution is 5.88. The molecule has 0 spiro atoms. The number of halogens is 1. The van der Waals surface area contributed by atoms with Crippen molar-refractivity contribution in [2.24, 2.45) is 0 Å². The lowest BCUT2D eigenvalue weighted by atomic mass is 9.86. The summed E-state index contributed by atoms with van der Waals surface area (Å²) in [4.78, 5) is 17.9. The highest BCUT2D eigenvalue weighted by Crippen LogP contribution is 2.41. The van der Waals surface area contributed by atoms with Gasteiger partial charge in [0.05, 0.1) is 11.3 Å². The first-order chi connectivity index (χ1) is 15.6. The number of benzene rings is 2. The Balaban J connectivity index is 1.44. The first-order valence-electron chi connectivity index (χ1n) is 10.7. The summed E-state index contributed by atoms with van der Waals surface area (Å²) in [5.41, 5.74) is 6.69. The number of nitrogens with zero attached hydrogens (tertiary/aromatic N) is 2. The van der Waals surface area contributed by atoms with Crippen molar-refractivity contribution >= 4 is 11.5 Å². The zero-order valence-corrected chi connectivity index (χ0v) is 17.6. The van der Waals surface area contributed by atoms with Crippen LogP contribution in [0.15, 0.2) is 66.4 Å². The van der Waals surface area contributed by atoms with E-state index in [-0.39, 0.29) is 11.4 Å². The number of aromatic nitrogens is 1. The molecule has 2 aliphatic rings. The molecule has 3 heterocycles. The number of aromatic carboxylic acids is 1. The van der Waals surface area contributed by atoms with Crippen molar-refractivity contribution in [1.82, 2.24) is 9.88 Å². The van der Waals surface area contributed by atoms with Crippen LogP contribution in [-0.4, -0.2) is 34.0 Å². The molecular weight excluding hydrogens is 407 g/mol. The molecule has 32 heavy (non-hydrogen) atoms. The van der Waals surface area contributed by atoms with Crippen molar-refractivity contribution in [1.29, 1.82) is 0 Å². The van der Waals surface area contributed by atoms with Crippen LogP contribution in [0, 0.1) is 5.82 Å². The molecule has 0 atom stereocenters. The minimum Gasteiger partial charge on any atom is -0.488 e. The summed E-state index contributed by atoms with van der Waals surface area (Å²) in [6, 6.07) is 16.2. The van der Waals surface area contributed by atoms with Gasteiger partial charge >= 0.3 is 5.97 Å². The van der Waals surface area contributed by atoms with E-state index in [1.165, 1.54) is 23.8 Å². The van der Waals surface area contributed by atoms with Gasteiger partial charge in [-0.2, -0.15) is 0 Å². The second-order valence-electron chi connectivity index (χ2n) is 8.18. The Bertz CT molecular complexity index is 1210. The molecule has 0 saturated carbocycles. The van der Waals surface area contributed by atoms with Gasteiger partial charge < -0.3 is 9.84 Å². The Hall–Kier alpha value is -3.51. The van der Waals surface area contributed by atoms with E-state index in [1.54, 1.807) is 12.3 Å². The van der Waals surface area contributed by atoms with Gasteiger partial charge in [0, 0.05) is 37.5 Å². The predicted octanol–water partition coefficient (Wildman–Crippen LogP) is 4.91. The average molecular weight is 430 g/mol. The largest absolute Gasteiger partial charge is 0.488 e. The second kappa shape index (κ2) is 8.55. The van der Waals surface area contributed by atoms with Crippen molar-refractivity contribution in [2.75, 3.05) is 13.1 Å². The Labute approximate surface area is 185 Å². The Morgan fingerprint density at radius 3 is 2.69 bits per heavy atom. The van der Waals surface area contributed by atoms with E-state index < -0.39 is 5.97 Å². The Kier molecular flexibility index (Phi) is 5.45. The van der Waals surface area contributed by atoms with Crippen LogP contribution >= 0.6 is 0 Å². The summed E-state index contributed by atoms with van der Waals surface area (Å²) in [5.74, 6) is -0.658. The van der Waals surface area contributed by atoms with Crippen LogP contribution in [0.1, 0.15) is 45.6 Å². The highest BCUT2D eigenvalue weighted by atomic mass is 19.1. The van der Waals surface area contributed by atoms with Crippen LogP contribution in [0.5, 0.6) is 5.75 Å². The first kappa shape index (κ1) is 20.4. The van der Waals surface area contributed by atoms with Gasteiger partial charge in [0.25, 0.3) is 0 Å². The number of carbonyl (C=O) groups is 1. The number of likely N-dealkylation sites (tertiary alicyclic amines) is 1. The smallest absolute Gasteiger partial charge is 0.335 e. The number of carboxylic acid groups (broad SMARTS) is 1. The average Bonchev–Trinajstić information content (AvgIpc) is 2.96. The van der Waals surface area contributed by atoms with Gasteiger partial charge in [-0.05, 0) is 53.8 Å². The first-order valence-corrected chi connectivity index (χ1v) is 10.7. The zero-order chi connectivity index (χ0) is 22.1. The van der Waals surface area contributed by atoms with Crippen molar-refractivity contribution in [3.63, 3.8) is 0 Å². The molecule has 5 nitrogen and oxygen atoms in total. The minimum atomic E-state index is -0.941. The molecule has 1 saturated heterocycles. The van der Waals surface area contributed by atoms with Crippen molar-refractivity contribution in [2.45, 2.75) is 26.0 Å². The molecule has 0 unspecified atom stereocenters. The molecule has 1 fully saturated rings. The maximum absolute atomic E-state index is 13.9. The molecule has 1 aromatic heterocycles. The van der Waals surface area contributed by atoms with Crippen molar-refractivity contribution < 1.29 is 19.0 Å². The SMILES string of the molecule is O=C(O)c1ccnc(CN2CCC(=C3c4ccccc4COc4cc(F)ccc43)CC2)c1. The maximum Gasteiger partial charge on any atom is 0.335 e. The predicted molar refractivity (Wildman–Crippen MR) is 119 cm³/mol. The number of ether oxygens (including phenoxy) is 1. The summed E-state index contributed by atoms with van der Waals surface area (Å²) in [7, 11) is 0. The summed E-state index contributed by atoms with van der Waals surface area (Å²) in [5, 5.41) is 9.21. The molecule has 3 aromatic rings. The number of pyridine rings is 1. The van der Waals surface area contributed by atoms with E-state index in [4.69, 9.17) is 4.74 Å². The second-order valence-corrected chi connectivity index (χ2v) is 8.18. The molecular formula is C26H23FN2O3. The van der Waals surface area contributed by atoms with E-state index in [0.717, 1.165) is 53.9 Å². The summed E-state index contributed by atoms with van der Waals surface area (Å²) in [6.45, 7) is 2.72. The number of hydrogen-bond acceptors (Lipinski definition) is 4. The van der Waals surface area contributed by atoms with Crippen LogP contribution in [0.3, 0.4) is 0 Å². The van der Waals surface area contributed by atoms with E-state index in [0.29, 0.717) is 18.9 Å². The standard InChI is InChI=1S/C26H23FN2O3/c27-20-5-6-23-24(14-20)32-16-19-3-1-2-4-22(19)25(23)17-8-11-29(12-9-17)15-21-13-18(26(30)31)7-10-28-21/h1-7,10,13-14H,8-9,11-12,15-16H2,(H,30,31). The third-order valence-corrected chi connectivity index (χ3v) is 6.15. The van der Waals surface area contributed by atoms with Gasteiger partial charge in [-0.15, -0.1) is 0 Å². The fourth-order valence-electron chi connectivity index (χ4n) is 4.55. The van der Waals surface area contributed by atoms with E-state index in [2.05, 4.69) is 22.0 Å². The monoisotopic (exact) mass is 430 g/mol. The molecule has 0 bridgehead atoms. The topological polar surface area (TPSA) is 62.7 Å². The fraction of sp³-hybridized carbons (Fsp3) is 0.231. The van der Waals surface area contributed by atoms with E-state index >= 15 is 0 Å². The van der Waals surface area contributed by atoms with E-state index in [1.807, 2.05) is 18.2 Å². The molecule has 2 aromatic carbocycles.